The van der Waals surface area contributed by atoms with E-state index in [-0.39, 0.29) is 22.2 Å². The number of aromatic nitrogens is 1. The molecule has 0 aliphatic heterocycles. The predicted octanol–water partition coefficient (Wildman–Crippen LogP) is 3.70. The van der Waals surface area contributed by atoms with Crippen molar-refractivity contribution in [2.45, 2.75) is 17.0 Å². The van der Waals surface area contributed by atoms with Gasteiger partial charge in [-0.3, -0.25) is 0 Å². The summed E-state index contributed by atoms with van der Waals surface area (Å²) in [6, 6.07) is 4.66. The molecule has 92 valence electrons. The molecule has 0 radical (unpaired) electrons. The fourth-order valence-electron chi connectivity index (χ4n) is 1.54. The first-order valence-electron chi connectivity index (χ1n) is 4.57. The number of hydrogen-bond acceptors (Lipinski definition) is 2. The van der Waals surface area contributed by atoms with Crippen molar-refractivity contribution in [3.63, 3.8) is 0 Å². The number of aliphatic hydroxyl groups excluding tert-OH is 1. The summed E-state index contributed by atoms with van der Waals surface area (Å²) in [6.45, 7) is -0.462. The summed E-state index contributed by atoms with van der Waals surface area (Å²) >= 11 is 5.62. The van der Waals surface area contributed by atoms with Gasteiger partial charge in [0.05, 0.1) is 12.1 Å². The molecular weight excluding hydrogens is 275 g/mol. The van der Waals surface area contributed by atoms with Crippen LogP contribution >= 0.6 is 23.4 Å². The monoisotopic (exact) mass is 281 g/mol. The highest BCUT2D eigenvalue weighted by atomic mass is 35.5. The van der Waals surface area contributed by atoms with Gasteiger partial charge in [0.15, 0.2) is 0 Å². The summed E-state index contributed by atoms with van der Waals surface area (Å²) in [5.74, 6) is 0. The van der Waals surface area contributed by atoms with E-state index in [2.05, 4.69) is 0 Å². The van der Waals surface area contributed by atoms with Crippen molar-refractivity contribution in [2.75, 3.05) is 0 Å². The third kappa shape index (κ3) is 2.53. The second kappa shape index (κ2) is 4.44. The number of halogens is 4. The molecule has 0 atom stereocenters. The van der Waals surface area contributed by atoms with Crippen molar-refractivity contribution >= 4 is 28.9 Å². The van der Waals surface area contributed by atoms with Gasteiger partial charge in [-0.15, -0.1) is 0 Å². The molecule has 0 fully saturated rings. The van der Waals surface area contributed by atoms with Crippen LogP contribution in [0.5, 0.6) is 0 Å². The van der Waals surface area contributed by atoms with Crippen molar-refractivity contribution in [1.29, 1.82) is 0 Å². The number of pyridine rings is 1. The second-order valence-electron chi connectivity index (χ2n) is 3.29. The molecule has 2 rings (SSSR count). The van der Waals surface area contributed by atoms with Crippen LogP contribution in [-0.2, 0) is 6.61 Å². The van der Waals surface area contributed by atoms with Crippen LogP contribution in [0.3, 0.4) is 0 Å². The van der Waals surface area contributed by atoms with Gasteiger partial charge in [-0.1, -0.05) is 17.7 Å². The maximum atomic E-state index is 12.4. The third-order valence-electron chi connectivity index (χ3n) is 2.17. The lowest BCUT2D eigenvalue weighted by Crippen LogP contribution is -2.00. The number of alkyl halides is 3. The molecule has 2 aromatic heterocycles. The van der Waals surface area contributed by atoms with Crippen LogP contribution in [0.1, 0.15) is 5.56 Å². The van der Waals surface area contributed by atoms with E-state index in [4.69, 9.17) is 16.7 Å². The zero-order chi connectivity index (χ0) is 12.6. The van der Waals surface area contributed by atoms with Gasteiger partial charge in [0.2, 0.25) is 0 Å². The Morgan fingerprint density at radius 1 is 1.35 bits per heavy atom. The molecule has 7 heteroatoms. The molecular formula is C10H7ClF3NOS. The lowest BCUT2D eigenvalue weighted by Gasteiger charge is -2.06. The van der Waals surface area contributed by atoms with E-state index in [1.807, 2.05) is 0 Å². The van der Waals surface area contributed by atoms with Crippen LogP contribution < -0.4 is 0 Å². The quantitative estimate of drug-likeness (QED) is 0.671. The minimum absolute atomic E-state index is 0.0116. The minimum Gasteiger partial charge on any atom is -0.392 e. The van der Waals surface area contributed by atoms with Crippen molar-refractivity contribution < 1.29 is 18.3 Å². The highest BCUT2D eigenvalue weighted by Gasteiger charge is 2.32. The lowest BCUT2D eigenvalue weighted by atomic mass is 10.3. The highest BCUT2D eigenvalue weighted by Crippen LogP contribution is 2.42. The molecule has 2 heterocycles. The number of fused-ring (bicyclic) bond motifs is 1. The van der Waals surface area contributed by atoms with Gasteiger partial charge in [-0.25, -0.2) is 0 Å². The van der Waals surface area contributed by atoms with Gasteiger partial charge in [0.1, 0.15) is 5.15 Å². The summed E-state index contributed by atoms with van der Waals surface area (Å²) < 4.78 is 38.6. The Morgan fingerprint density at radius 3 is 2.65 bits per heavy atom. The molecule has 1 N–H and O–H groups in total. The summed E-state index contributed by atoms with van der Waals surface area (Å²) in [5, 5.41) is 9.37. The first kappa shape index (κ1) is 12.6. The van der Waals surface area contributed by atoms with E-state index in [1.165, 1.54) is 16.7 Å². The van der Waals surface area contributed by atoms with E-state index in [0.717, 1.165) is 0 Å². The molecule has 17 heavy (non-hydrogen) atoms. The fraction of sp³-hybridized carbons (Fsp3) is 0.200. The highest BCUT2D eigenvalue weighted by molar-refractivity contribution is 8.00. The van der Waals surface area contributed by atoms with E-state index in [0.29, 0.717) is 10.7 Å². The first-order valence-corrected chi connectivity index (χ1v) is 5.77. The fourth-order valence-corrected chi connectivity index (χ4v) is 2.50. The number of rotatable bonds is 2. The van der Waals surface area contributed by atoms with Gasteiger partial charge < -0.3 is 9.51 Å². The van der Waals surface area contributed by atoms with Gasteiger partial charge in [0.25, 0.3) is 0 Å². The van der Waals surface area contributed by atoms with Crippen molar-refractivity contribution in [1.82, 2.24) is 4.40 Å². The second-order valence-corrected chi connectivity index (χ2v) is 4.76. The molecule has 0 bridgehead atoms. The zero-order valence-electron chi connectivity index (χ0n) is 8.33. The average Bonchev–Trinajstić information content (AvgIpc) is 2.56. The molecule has 0 unspecified atom stereocenters. The maximum absolute atomic E-state index is 12.4. The smallest absolute Gasteiger partial charge is 0.392 e. The average molecular weight is 282 g/mol. The van der Waals surface area contributed by atoms with E-state index in [9.17, 15) is 13.2 Å². The normalized spacial score (nSPS) is 12.3. The summed E-state index contributed by atoms with van der Waals surface area (Å²) in [7, 11) is 0. The Bertz CT molecular complexity index is 552. The minimum atomic E-state index is -4.39. The van der Waals surface area contributed by atoms with E-state index < -0.39 is 12.1 Å². The molecule has 0 aromatic carbocycles. The number of nitrogens with zero attached hydrogens (tertiary/aromatic N) is 1. The molecule has 2 aromatic rings. The van der Waals surface area contributed by atoms with Gasteiger partial charge >= 0.3 is 5.51 Å². The topological polar surface area (TPSA) is 24.6 Å². The molecule has 0 spiro atoms. The van der Waals surface area contributed by atoms with Crippen LogP contribution in [0, 0.1) is 0 Å². The van der Waals surface area contributed by atoms with Crippen LogP contribution in [0.4, 0.5) is 13.2 Å². The molecule has 0 amide bonds. The molecule has 2 nitrogen and oxygen atoms in total. The zero-order valence-corrected chi connectivity index (χ0v) is 9.90. The Kier molecular flexibility index (Phi) is 3.29. The molecule has 0 aliphatic carbocycles. The SMILES string of the molecule is OCc1cn2c(Cl)cccc2c1SC(F)(F)F. The Morgan fingerprint density at radius 2 is 2.06 bits per heavy atom. The largest absolute Gasteiger partial charge is 0.446 e. The molecule has 0 saturated heterocycles. The number of hydrogen-bond donors (Lipinski definition) is 1. The first-order chi connectivity index (χ1) is 7.92. The van der Waals surface area contributed by atoms with Crippen LogP contribution in [0.2, 0.25) is 5.15 Å². The van der Waals surface area contributed by atoms with Crippen molar-refractivity contribution in [3.8, 4) is 0 Å². The van der Waals surface area contributed by atoms with Gasteiger partial charge in [-0.05, 0) is 23.9 Å². The summed E-state index contributed by atoms with van der Waals surface area (Å²) in [6.07, 6.45) is 1.41. The Balaban J connectivity index is 2.63. The summed E-state index contributed by atoms with van der Waals surface area (Å²) in [4.78, 5) is -0.0116. The van der Waals surface area contributed by atoms with E-state index in [1.54, 1.807) is 12.1 Å². The number of aliphatic hydroxyl groups is 1. The van der Waals surface area contributed by atoms with Gasteiger partial charge in [-0.2, -0.15) is 13.2 Å². The van der Waals surface area contributed by atoms with Crippen molar-refractivity contribution in [3.05, 3.63) is 35.1 Å². The van der Waals surface area contributed by atoms with E-state index >= 15 is 0 Å². The summed E-state index contributed by atoms with van der Waals surface area (Å²) in [5.41, 5.74) is -3.85. The Hall–Kier alpha value is -0.850. The van der Waals surface area contributed by atoms with Crippen LogP contribution in [0.25, 0.3) is 5.52 Å². The van der Waals surface area contributed by atoms with Crippen molar-refractivity contribution in [2.24, 2.45) is 0 Å². The van der Waals surface area contributed by atoms with Crippen LogP contribution in [-0.4, -0.2) is 15.0 Å². The van der Waals surface area contributed by atoms with Crippen LogP contribution in [0.15, 0.2) is 29.3 Å². The number of thioether (sulfide) groups is 1. The Labute approximate surface area is 104 Å². The predicted molar refractivity (Wildman–Crippen MR) is 60.2 cm³/mol. The third-order valence-corrected chi connectivity index (χ3v) is 3.39. The standard InChI is InChI=1S/C10H7ClF3NOS/c11-8-3-1-2-7-9(17-10(12,13)14)6(5-16)4-15(7)8/h1-4,16H,5H2. The molecule has 0 aliphatic rings. The maximum Gasteiger partial charge on any atom is 0.446 e. The lowest BCUT2D eigenvalue weighted by molar-refractivity contribution is -0.0328. The molecule has 0 saturated carbocycles. The van der Waals surface area contributed by atoms with Gasteiger partial charge in [0, 0.05) is 16.7 Å².